The average molecular weight is 339 g/mol. The van der Waals surface area contributed by atoms with Crippen molar-refractivity contribution in [2.75, 3.05) is 20.2 Å². The molecular formula is C19H21N3O3. The number of fused-ring (bicyclic) bond motifs is 2. The Morgan fingerprint density at radius 3 is 2.92 bits per heavy atom. The minimum absolute atomic E-state index is 0.0369. The summed E-state index contributed by atoms with van der Waals surface area (Å²) < 4.78 is 5.44. The zero-order valence-corrected chi connectivity index (χ0v) is 14.4. The van der Waals surface area contributed by atoms with Gasteiger partial charge < -0.3 is 14.5 Å². The zero-order valence-electron chi connectivity index (χ0n) is 14.4. The van der Waals surface area contributed by atoms with E-state index in [0.717, 1.165) is 24.8 Å². The van der Waals surface area contributed by atoms with Crippen LogP contribution in [-0.4, -0.2) is 58.9 Å². The lowest BCUT2D eigenvalue weighted by atomic mass is 10.1. The van der Waals surface area contributed by atoms with Crippen molar-refractivity contribution < 1.29 is 14.3 Å². The van der Waals surface area contributed by atoms with E-state index >= 15 is 0 Å². The summed E-state index contributed by atoms with van der Waals surface area (Å²) in [5.74, 6) is 0.443. The van der Waals surface area contributed by atoms with E-state index in [9.17, 15) is 9.59 Å². The van der Waals surface area contributed by atoms with Crippen LogP contribution < -0.4 is 4.74 Å². The molecule has 0 saturated carbocycles. The fourth-order valence-corrected chi connectivity index (χ4v) is 3.90. The fraction of sp³-hybridized carbons (Fsp3) is 0.421. The number of ether oxygens (including phenoxy) is 1. The molecule has 0 N–H and O–H groups in total. The van der Waals surface area contributed by atoms with Gasteiger partial charge in [0, 0.05) is 30.6 Å². The van der Waals surface area contributed by atoms with Crippen molar-refractivity contribution in [3.05, 3.63) is 36.0 Å². The van der Waals surface area contributed by atoms with Crippen LogP contribution in [0.15, 0.2) is 30.3 Å². The molecule has 4 rings (SSSR count). The summed E-state index contributed by atoms with van der Waals surface area (Å²) in [5.41, 5.74) is 1.03. The summed E-state index contributed by atoms with van der Waals surface area (Å²) in [6.45, 7) is 3.17. The number of methoxy groups -OCH3 is 1. The number of carbonyl (C=O) groups is 2. The highest BCUT2D eigenvalue weighted by Gasteiger charge is 2.42. The molecule has 2 aliphatic rings. The molecule has 0 bridgehead atoms. The second-order valence-corrected chi connectivity index (χ2v) is 6.69. The van der Waals surface area contributed by atoms with Gasteiger partial charge in [0.1, 0.15) is 17.5 Å². The molecule has 2 aliphatic heterocycles. The van der Waals surface area contributed by atoms with Crippen LogP contribution in [0, 0.1) is 0 Å². The van der Waals surface area contributed by atoms with E-state index < -0.39 is 6.04 Å². The predicted octanol–water partition coefficient (Wildman–Crippen LogP) is 2.08. The monoisotopic (exact) mass is 339 g/mol. The number of benzene rings is 1. The Bertz CT molecular complexity index is 851. The topological polar surface area (TPSA) is 62.7 Å². The van der Waals surface area contributed by atoms with Gasteiger partial charge >= 0.3 is 0 Å². The van der Waals surface area contributed by atoms with Crippen molar-refractivity contribution in [2.45, 2.75) is 31.8 Å². The van der Waals surface area contributed by atoms with E-state index in [-0.39, 0.29) is 17.9 Å². The molecule has 6 heteroatoms. The molecule has 2 amide bonds. The summed E-state index contributed by atoms with van der Waals surface area (Å²) in [6, 6.07) is 8.91. The number of para-hydroxylation sites is 1. The Kier molecular flexibility index (Phi) is 3.82. The summed E-state index contributed by atoms with van der Waals surface area (Å²) in [7, 11) is 1.58. The first-order valence-corrected chi connectivity index (χ1v) is 8.65. The van der Waals surface area contributed by atoms with Crippen molar-refractivity contribution in [1.82, 2.24) is 14.8 Å². The number of hydrogen-bond donors (Lipinski definition) is 0. The van der Waals surface area contributed by atoms with Crippen molar-refractivity contribution in [1.29, 1.82) is 0 Å². The molecule has 2 fully saturated rings. The maximum Gasteiger partial charge on any atom is 0.273 e. The number of amides is 2. The molecule has 130 valence electrons. The van der Waals surface area contributed by atoms with Gasteiger partial charge in [0.25, 0.3) is 5.91 Å². The Labute approximate surface area is 146 Å². The van der Waals surface area contributed by atoms with Gasteiger partial charge in [0.15, 0.2) is 0 Å². The largest absolute Gasteiger partial charge is 0.496 e. The summed E-state index contributed by atoms with van der Waals surface area (Å²) >= 11 is 0. The van der Waals surface area contributed by atoms with E-state index in [0.29, 0.717) is 23.5 Å². The van der Waals surface area contributed by atoms with Crippen molar-refractivity contribution >= 4 is 22.7 Å². The fourth-order valence-electron chi connectivity index (χ4n) is 3.90. The summed E-state index contributed by atoms with van der Waals surface area (Å²) in [4.78, 5) is 33.8. The van der Waals surface area contributed by atoms with Gasteiger partial charge in [-0.25, -0.2) is 4.98 Å². The second-order valence-electron chi connectivity index (χ2n) is 6.69. The first kappa shape index (κ1) is 15.9. The van der Waals surface area contributed by atoms with Crippen LogP contribution >= 0.6 is 0 Å². The minimum atomic E-state index is -0.457. The summed E-state index contributed by atoms with van der Waals surface area (Å²) in [6.07, 6.45) is 1.96. The van der Waals surface area contributed by atoms with E-state index in [1.54, 1.807) is 25.0 Å². The third-order valence-electron chi connectivity index (χ3n) is 5.27. The number of nitrogens with zero attached hydrogens (tertiary/aromatic N) is 3. The Morgan fingerprint density at radius 2 is 2.12 bits per heavy atom. The van der Waals surface area contributed by atoms with Crippen LogP contribution in [0.5, 0.6) is 5.75 Å². The number of rotatable bonds is 2. The lowest BCUT2D eigenvalue weighted by Crippen LogP contribution is -2.60. The second kappa shape index (κ2) is 6.02. The number of aromatic nitrogens is 1. The number of piperazine rings is 1. The molecule has 25 heavy (non-hydrogen) atoms. The average Bonchev–Trinajstić information content (AvgIpc) is 3.12. The highest BCUT2D eigenvalue weighted by molar-refractivity contribution is 5.99. The SMILES string of the molecule is COc1cc(C(=O)N2C[C@@H]3CCCN3C(=O)[C@H]2C)nc2ccccc12. The van der Waals surface area contributed by atoms with Gasteiger partial charge in [-0.1, -0.05) is 12.1 Å². The predicted molar refractivity (Wildman–Crippen MR) is 93.5 cm³/mol. The van der Waals surface area contributed by atoms with Crippen LogP contribution in [0.2, 0.25) is 0 Å². The molecule has 0 spiro atoms. The van der Waals surface area contributed by atoms with Crippen LogP contribution in [0.25, 0.3) is 10.9 Å². The van der Waals surface area contributed by atoms with E-state index in [1.807, 2.05) is 29.2 Å². The molecule has 0 aliphatic carbocycles. The van der Waals surface area contributed by atoms with Gasteiger partial charge in [-0.05, 0) is 31.9 Å². The number of pyridine rings is 1. The minimum Gasteiger partial charge on any atom is -0.496 e. The molecule has 1 aromatic heterocycles. The van der Waals surface area contributed by atoms with Crippen molar-refractivity contribution in [2.24, 2.45) is 0 Å². The molecule has 0 unspecified atom stereocenters. The first-order valence-electron chi connectivity index (χ1n) is 8.65. The van der Waals surface area contributed by atoms with Crippen molar-refractivity contribution in [3.63, 3.8) is 0 Å². The highest BCUT2D eigenvalue weighted by Crippen LogP contribution is 2.29. The van der Waals surface area contributed by atoms with Gasteiger partial charge in [0.2, 0.25) is 5.91 Å². The summed E-state index contributed by atoms with van der Waals surface area (Å²) in [5, 5.41) is 0.867. The van der Waals surface area contributed by atoms with E-state index in [4.69, 9.17) is 4.74 Å². The van der Waals surface area contributed by atoms with E-state index in [2.05, 4.69) is 4.98 Å². The molecule has 1 aromatic carbocycles. The maximum absolute atomic E-state index is 13.1. The third-order valence-corrected chi connectivity index (χ3v) is 5.27. The lowest BCUT2D eigenvalue weighted by Gasteiger charge is -2.41. The molecular weight excluding hydrogens is 318 g/mol. The Morgan fingerprint density at radius 1 is 1.32 bits per heavy atom. The van der Waals surface area contributed by atoms with Gasteiger partial charge in [-0.15, -0.1) is 0 Å². The molecule has 0 radical (unpaired) electrons. The number of carbonyl (C=O) groups excluding carboxylic acids is 2. The van der Waals surface area contributed by atoms with E-state index in [1.165, 1.54) is 0 Å². The molecule has 6 nitrogen and oxygen atoms in total. The van der Waals surface area contributed by atoms with Gasteiger partial charge in [-0.3, -0.25) is 9.59 Å². The smallest absolute Gasteiger partial charge is 0.273 e. The highest BCUT2D eigenvalue weighted by atomic mass is 16.5. The molecule has 2 saturated heterocycles. The van der Waals surface area contributed by atoms with Crippen molar-refractivity contribution in [3.8, 4) is 5.75 Å². The van der Waals surface area contributed by atoms with Crippen LogP contribution in [0.4, 0.5) is 0 Å². The maximum atomic E-state index is 13.1. The van der Waals surface area contributed by atoms with Crippen LogP contribution in [-0.2, 0) is 4.79 Å². The standard InChI is InChI=1S/C19H21N3O3/c1-12-18(23)21-9-5-6-13(21)11-22(12)19(24)16-10-17(25-2)14-7-3-4-8-15(14)20-16/h3-4,7-8,10,12-13H,5-6,9,11H2,1-2H3/t12-,13+/m1/s1. The first-order chi connectivity index (χ1) is 12.1. The zero-order chi connectivity index (χ0) is 17.6. The molecule has 3 heterocycles. The third kappa shape index (κ3) is 2.52. The van der Waals surface area contributed by atoms with Gasteiger partial charge in [-0.2, -0.15) is 0 Å². The van der Waals surface area contributed by atoms with Crippen LogP contribution in [0.1, 0.15) is 30.3 Å². The molecule has 2 aromatic rings. The quantitative estimate of drug-likeness (QED) is 0.840. The number of hydrogen-bond acceptors (Lipinski definition) is 4. The Balaban J connectivity index is 1.71. The normalized spacial score (nSPS) is 23.0. The van der Waals surface area contributed by atoms with Gasteiger partial charge in [0.05, 0.1) is 12.6 Å². The molecule has 2 atom stereocenters. The Hall–Kier alpha value is -2.63. The van der Waals surface area contributed by atoms with Crippen LogP contribution in [0.3, 0.4) is 0 Å². The lowest BCUT2D eigenvalue weighted by molar-refractivity contribution is -0.141.